The second-order valence-electron chi connectivity index (χ2n) is 5.35. The van der Waals surface area contributed by atoms with Gasteiger partial charge in [0.25, 0.3) is 0 Å². The number of carbonyl (C=O) groups is 2. The zero-order chi connectivity index (χ0) is 14.7. The Balaban J connectivity index is 2.17. The molecule has 0 aromatic heterocycles. The Kier molecular flexibility index (Phi) is 4.23. The van der Waals surface area contributed by atoms with Crippen LogP contribution in [0.5, 0.6) is 0 Å². The first-order valence-corrected chi connectivity index (χ1v) is 6.74. The van der Waals surface area contributed by atoms with Crippen molar-refractivity contribution in [1.29, 1.82) is 0 Å². The molecule has 1 aliphatic carbocycles. The fourth-order valence-corrected chi connectivity index (χ4v) is 2.55. The van der Waals surface area contributed by atoms with Gasteiger partial charge in [0.05, 0.1) is 11.8 Å². The van der Waals surface area contributed by atoms with Crippen LogP contribution in [-0.2, 0) is 9.59 Å². The molecule has 2 N–H and O–H groups in total. The van der Waals surface area contributed by atoms with Crippen LogP contribution in [0.3, 0.4) is 0 Å². The predicted octanol–water partition coefficient (Wildman–Crippen LogP) is 2.99. The maximum Gasteiger partial charge on any atom is 0.307 e. The van der Waals surface area contributed by atoms with Gasteiger partial charge in [0.1, 0.15) is 0 Å². The summed E-state index contributed by atoms with van der Waals surface area (Å²) in [6.45, 7) is 3.85. The fraction of sp³-hybridized carbons (Fsp3) is 0.375. The maximum atomic E-state index is 12.4. The van der Waals surface area contributed by atoms with Crippen LogP contribution in [0.4, 0.5) is 5.69 Å². The van der Waals surface area contributed by atoms with Gasteiger partial charge in [-0.3, -0.25) is 9.59 Å². The molecule has 0 aliphatic heterocycles. The van der Waals surface area contributed by atoms with Crippen LogP contribution >= 0.6 is 0 Å². The Bertz CT molecular complexity index is 563. The lowest BCUT2D eigenvalue weighted by atomic mass is 9.79. The van der Waals surface area contributed by atoms with Gasteiger partial charge in [0, 0.05) is 5.69 Å². The molecule has 4 nitrogen and oxygen atoms in total. The average Bonchev–Trinajstić information content (AvgIpc) is 2.40. The van der Waals surface area contributed by atoms with E-state index in [0.717, 1.165) is 16.8 Å². The van der Waals surface area contributed by atoms with Gasteiger partial charge in [-0.2, -0.15) is 0 Å². The second-order valence-corrected chi connectivity index (χ2v) is 5.35. The maximum absolute atomic E-state index is 12.4. The molecule has 0 saturated heterocycles. The summed E-state index contributed by atoms with van der Waals surface area (Å²) in [5.74, 6) is -2.25. The highest BCUT2D eigenvalue weighted by molar-refractivity contribution is 5.96. The second kappa shape index (κ2) is 5.90. The molecule has 2 atom stereocenters. The molecule has 0 heterocycles. The summed E-state index contributed by atoms with van der Waals surface area (Å²) in [5.41, 5.74) is 2.79. The van der Waals surface area contributed by atoms with Gasteiger partial charge in [-0.25, -0.2) is 0 Å². The van der Waals surface area contributed by atoms with Crippen molar-refractivity contribution in [3.05, 3.63) is 41.5 Å². The van der Waals surface area contributed by atoms with E-state index in [9.17, 15) is 14.7 Å². The number of carboxylic acid groups (broad SMARTS) is 1. The number of benzene rings is 1. The number of amides is 1. The van der Waals surface area contributed by atoms with E-state index in [2.05, 4.69) is 5.32 Å². The van der Waals surface area contributed by atoms with E-state index in [4.69, 9.17) is 0 Å². The van der Waals surface area contributed by atoms with Gasteiger partial charge in [-0.05, 0) is 38.3 Å². The number of anilines is 1. The van der Waals surface area contributed by atoms with E-state index in [0.29, 0.717) is 12.8 Å². The number of hydrogen-bond donors (Lipinski definition) is 2. The molecule has 20 heavy (non-hydrogen) atoms. The number of aliphatic carboxylic acids is 1. The molecule has 0 bridgehead atoms. The number of carbonyl (C=O) groups excluding carboxylic acids is 1. The largest absolute Gasteiger partial charge is 0.481 e. The van der Waals surface area contributed by atoms with Crippen LogP contribution in [0.1, 0.15) is 25.3 Å². The average molecular weight is 273 g/mol. The number of nitrogens with one attached hydrogen (secondary N) is 1. The van der Waals surface area contributed by atoms with Crippen LogP contribution in [0.15, 0.2) is 35.9 Å². The zero-order valence-corrected chi connectivity index (χ0v) is 11.7. The lowest BCUT2D eigenvalue weighted by Gasteiger charge is -2.27. The van der Waals surface area contributed by atoms with Crippen molar-refractivity contribution < 1.29 is 14.7 Å². The third-order valence-electron chi connectivity index (χ3n) is 3.80. The number of rotatable bonds is 3. The molecule has 0 saturated carbocycles. The Hall–Kier alpha value is -2.10. The van der Waals surface area contributed by atoms with Crippen molar-refractivity contribution in [3.8, 4) is 0 Å². The number of hydrogen-bond acceptors (Lipinski definition) is 2. The van der Waals surface area contributed by atoms with Gasteiger partial charge < -0.3 is 10.4 Å². The highest BCUT2D eigenvalue weighted by atomic mass is 16.4. The minimum absolute atomic E-state index is 0.209. The van der Waals surface area contributed by atoms with Gasteiger partial charge in [-0.15, -0.1) is 0 Å². The number of allylic oxidation sites excluding steroid dienone is 2. The first-order valence-electron chi connectivity index (χ1n) is 6.74. The summed E-state index contributed by atoms with van der Waals surface area (Å²) in [4.78, 5) is 23.7. The van der Waals surface area contributed by atoms with E-state index < -0.39 is 17.8 Å². The van der Waals surface area contributed by atoms with E-state index in [1.165, 1.54) is 0 Å². The number of carboxylic acids is 1. The summed E-state index contributed by atoms with van der Waals surface area (Å²) in [6, 6.07) is 7.49. The Morgan fingerprint density at radius 2 is 1.90 bits per heavy atom. The summed E-state index contributed by atoms with van der Waals surface area (Å²) >= 11 is 0. The Morgan fingerprint density at radius 1 is 1.20 bits per heavy atom. The highest BCUT2D eigenvalue weighted by Crippen LogP contribution is 2.31. The van der Waals surface area contributed by atoms with Gasteiger partial charge in [0.15, 0.2) is 0 Å². The first kappa shape index (κ1) is 14.3. The molecule has 1 aromatic carbocycles. The molecule has 2 unspecified atom stereocenters. The van der Waals surface area contributed by atoms with Crippen LogP contribution in [0, 0.1) is 18.8 Å². The predicted molar refractivity (Wildman–Crippen MR) is 77.4 cm³/mol. The lowest BCUT2D eigenvalue weighted by molar-refractivity contribution is -0.146. The van der Waals surface area contributed by atoms with Crippen LogP contribution in [0.2, 0.25) is 0 Å². The van der Waals surface area contributed by atoms with Crippen molar-refractivity contribution >= 4 is 17.6 Å². The minimum atomic E-state index is -0.904. The summed E-state index contributed by atoms with van der Waals surface area (Å²) in [7, 11) is 0. The summed E-state index contributed by atoms with van der Waals surface area (Å²) in [5, 5.41) is 12.1. The molecule has 1 aromatic rings. The molecule has 1 amide bonds. The molecule has 0 spiro atoms. The lowest BCUT2D eigenvalue weighted by Crippen LogP contribution is -2.35. The van der Waals surface area contributed by atoms with Crippen molar-refractivity contribution in [1.82, 2.24) is 0 Å². The molecular formula is C16H19NO3. The van der Waals surface area contributed by atoms with Gasteiger partial charge in [0.2, 0.25) is 5.91 Å². The van der Waals surface area contributed by atoms with Crippen molar-refractivity contribution in [3.63, 3.8) is 0 Å². The third kappa shape index (κ3) is 3.07. The fourth-order valence-electron chi connectivity index (χ4n) is 2.55. The third-order valence-corrected chi connectivity index (χ3v) is 3.80. The van der Waals surface area contributed by atoms with Crippen molar-refractivity contribution in [2.45, 2.75) is 26.7 Å². The number of para-hydroxylation sites is 1. The Morgan fingerprint density at radius 3 is 2.55 bits per heavy atom. The molecule has 4 heteroatoms. The molecular weight excluding hydrogens is 254 g/mol. The standard InChI is InChI=1S/C16H19NO3/c1-10-7-8-12(16(19)20)13(9-10)15(18)17-14-6-4-3-5-11(14)2/h3-7,12-13H,8-9H2,1-2H3,(H,17,18)(H,19,20). The summed E-state index contributed by atoms with van der Waals surface area (Å²) < 4.78 is 0. The van der Waals surface area contributed by atoms with Crippen LogP contribution in [-0.4, -0.2) is 17.0 Å². The highest BCUT2D eigenvalue weighted by Gasteiger charge is 2.35. The molecule has 0 fully saturated rings. The molecule has 0 radical (unpaired) electrons. The monoisotopic (exact) mass is 273 g/mol. The minimum Gasteiger partial charge on any atom is -0.481 e. The molecule has 2 rings (SSSR count). The smallest absolute Gasteiger partial charge is 0.307 e. The SMILES string of the molecule is CC1=CCC(C(=O)O)C(C(=O)Nc2ccccc2C)C1. The first-order chi connectivity index (χ1) is 9.49. The van der Waals surface area contributed by atoms with Gasteiger partial charge in [-0.1, -0.05) is 29.8 Å². The van der Waals surface area contributed by atoms with Crippen molar-refractivity contribution in [2.75, 3.05) is 5.32 Å². The quantitative estimate of drug-likeness (QED) is 0.832. The topological polar surface area (TPSA) is 66.4 Å². The number of aryl methyl sites for hydroxylation is 1. The molecule has 106 valence electrons. The normalized spacial score (nSPS) is 22.0. The Labute approximate surface area is 118 Å². The van der Waals surface area contributed by atoms with Crippen molar-refractivity contribution in [2.24, 2.45) is 11.8 Å². The van der Waals surface area contributed by atoms with Crippen LogP contribution < -0.4 is 5.32 Å². The van der Waals surface area contributed by atoms with E-state index in [-0.39, 0.29) is 5.91 Å². The van der Waals surface area contributed by atoms with Crippen LogP contribution in [0.25, 0.3) is 0 Å². The molecule has 1 aliphatic rings. The van der Waals surface area contributed by atoms with Gasteiger partial charge >= 0.3 is 5.97 Å². The zero-order valence-electron chi connectivity index (χ0n) is 11.7. The summed E-state index contributed by atoms with van der Waals surface area (Å²) in [6.07, 6.45) is 2.85. The van der Waals surface area contributed by atoms with E-state index in [1.807, 2.05) is 44.2 Å². The van der Waals surface area contributed by atoms with E-state index >= 15 is 0 Å². The van der Waals surface area contributed by atoms with E-state index in [1.54, 1.807) is 0 Å².